The lowest BCUT2D eigenvalue weighted by molar-refractivity contribution is -0.118. The van der Waals surface area contributed by atoms with Crippen LogP contribution in [0.4, 0.5) is 0 Å². The topological polar surface area (TPSA) is 136 Å². The molecule has 202 valence electrons. The predicted octanol–water partition coefficient (Wildman–Crippen LogP) is 2.49. The van der Waals surface area contributed by atoms with Crippen LogP contribution >= 0.6 is 0 Å². The normalized spacial score (nSPS) is 43.9. The van der Waals surface area contributed by atoms with Crippen molar-refractivity contribution in [3.63, 3.8) is 0 Å². The number of carbonyl (C=O) groups is 3. The number of nitrogens with one attached hydrogen (secondary N) is 2. The fraction of sp³-hybridized carbons (Fsp3) is 0.621. The second-order valence-corrected chi connectivity index (χ2v) is 11.1. The van der Waals surface area contributed by atoms with Crippen molar-refractivity contribution in [2.24, 2.45) is 35.5 Å². The van der Waals surface area contributed by atoms with E-state index in [4.69, 9.17) is 0 Å². The molecule has 2 aliphatic heterocycles. The average molecular weight is 513 g/mol. The van der Waals surface area contributed by atoms with Gasteiger partial charge in [0.2, 0.25) is 5.91 Å². The lowest BCUT2D eigenvalue weighted by atomic mass is 9.75. The Morgan fingerprint density at radius 1 is 1.00 bits per heavy atom. The molecule has 8 nitrogen and oxygen atoms in total. The van der Waals surface area contributed by atoms with E-state index in [9.17, 15) is 29.7 Å². The first kappa shape index (κ1) is 27.3. The maximum Gasteiger partial charge on any atom is 0.259 e. The number of aliphatic hydroxyl groups is 3. The lowest BCUT2D eigenvalue weighted by Crippen LogP contribution is -2.42. The van der Waals surface area contributed by atoms with E-state index in [2.05, 4.69) is 30.6 Å². The number of rotatable bonds is 1. The highest BCUT2D eigenvalue weighted by atomic mass is 16.3. The van der Waals surface area contributed by atoms with E-state index in [0.29, 0.717) is 36.5 Å². The van der Waals surface area contributed by atoms with Crippen molar-refractivity contribution in [2.45, 2.75) is 70.6 Å². The molecule has 2 aliphatic carbocycles. The Hall–Kier alpha value is -2.71. The SMILES string of the molecule is CCC1C[C@@H]2C[C@H]3/C=C\C=C\C(=O)NCCC(O)[C@@H]4NC(=O)/C(=C(O)/C=C/CC[C@H](O)C3[C@@H]2[C@H]1C)C4=O. The van der Waals surface area contributed by atoms with E-state index in [1.165, 1.54) is 18.6 Å². The van der Waals surface area contributed by atoms with Gasteiger partial charge >= 0.3 is 0 Å². The van der Waals surface area contributed by atoms with Crippen LogP contribution in [0.3, 0.4) is 0 Å². The summed E-state index contributed by atoms with van der Waals surface area (Å²) >= 11 is 0. The van der Waals surface area contributed by atoms with Crippen molar-refractivity contribution in [2.75, 3.05) is 6.54 Å². The molecule has 5 N–H and O–H groups in total. The standard InChI is InChI=1S/C29H40N2O6/c1-3-17-14-19-15-18-8-4-7-11-23(35)30-13-12-22(34)27-28(36)26(29(37)31-27)21(33)10-6-5-9-20(32)25(18)24(19)16(17)2/h4,6-8,10-11,16-20,22,24-25,27,32-34H,3,5,9,12-15H2,1-2H3,(H,30,35)(H,31,37)/b8-4-,10-6+,11-7+,26-21-/t16-,17?,18+,19+,20-,22?,24+,25?,27-/m0/s1. The zero-order chi connectivity index (χ0) is 26.7. The smallest absolute Gasteiger partial charge is 0.259 e. The highest BCUT2D eigenvalue weighted by Gasteiger charge is 2.52. The molecule has 2 bridgehead atoms. The van der Waals surface area contributed by atoms with Crippen LogP contribution in [0.5, 0.6) is 0 Å². The molecule has 0 spiro atoms. The largest absolute Gasteiger partial charge is 0.507 e. The molecule has 0 aromatic carbocycles. The van der Waals surface area contributed by atoms with Crippen molar-refractivity contribution < 1.29 is 29.7 Å². The van der Waals surface area contributed by atoms with E-state index in [1.54, 1.807) is 12.2 Å². The van der Waals surface area contributed by atoms with Gasteiger partial charge in [-0.15, -0.1) is 0 Å². The van der Waals surface area contributed by atoms with Gasteiger partial charge < -0.3 is 26.0 Å². The van der Waals surface area contributed by atoms with E-state index in [1.807, 2.05) is 6.08 Å². The van der Waals surface area contributed by atoms with Gasteiger partial charge in [-0.1, -0.05) is 44.6 Å². The van der Waals surface area contributed by atoms with E-state index >= 15 is 0 Å². The van der Waals surface area contributed by atoms with Gasteiger partial charge in [-0.3, -0.25) is 14.4 Å². The van der Waals surface area contributed by atoms with Crippen LogP contribution in [-0.4, -0.2) is 57.7 Å². The zero-order valence-electron chi connectivity index (χ0n) is 21.7. The van der Waals surface area contributed by atoms with Crippen molar-refractivity contribution in [3.05, 3.63) is 47.8 Å². The Kier molecular flexibility index (Phi) is 8.70. The minimum absolute atomic E-state index is 0.0668. The Balaban J connectivity index is 1.57. The summed E-state index contributed by atoms with van der Waals surface area (Å²) in [5.41, 5.74) is -0.378. The number of Topliss-reactive ketones (excluding diaryl/α,β-unsaturated/α-hetero) is 1. The van der Waals surface area contributed by atoms with Gasteiger partial charge in [0.15, 0.2) is 5.78 Å². The van der Waals surface area contributed by atoms with Gasteiger partial charge in [-0.2, -0.15) is 0 Å². The number of allylic oxidation sites excluding steroid dienone is 5. The molecule has 0 radical (unpaired) electrons. The van der Waals surface area contributed by atoms with Crippen molar-refractivity contribution in [1.82, 2.24) is 10.6 Å². The molecule has 37 heavy (non-hydrogen) atoms. The number of hydrogen-bond donors (Lipinski definition) is 5. The molecule has 0 aromatic rings. The molecule has 8 heteroatoms. The van der Waals surface area contributed by atoms with Gasteiger partial charge in [0.1, 0.15) is 17.4 Å². The first-order valence-corrected chi connectivity index (χ1v) is 13.7. The minimum Gasteiger partial charge on any atom is -0.507 e. The van der Waals surface area contributed by atoms with Crippen LogP contribution in [0.2, 0.25) is 0 Å². The lowest BCUT2D eigenvalue weighted by Gasteiger charge is -2.32. The highest BCUT2D eigenvalue weighted by molar-refractivity contribution is 6.27. The zero-order valence-corrected chi connectivity index (χ0v) is 21.7. The highest BCUT2D eigenvalue weighted by Crippen LogP contribution is 2.57. The van der Waals surface area contributed by atoms with Crippen LogP contribution in [0.15, 0.2) is 47.8 Å². The minimum atomic E-state index is -1.20. The van der Waals surface area contributed by atoms with Gasteiger partial charge in [0, 0.05) is 12.6 Å². The summed E-state index contributed by atoms with van der Waals surface area (Å²) in [6.07, 6.45) is 12.8. The molecule has 4 rings (SSSR count). The summed E-state index contributed by atoms with van der Waals surface area (Å²) in [5, 5.41) is 37.2. The Morgan fingerprint density at radius 2 is 1.78 bits per heavy atom. The van der Waals surface area contributed by atoms with Gasteiger partial charge in [0.05, 0.1) is 12.2 Å². The second-order valence-electron chi connectivity index (χ2n) is 11.1. The van der Waals surface area contributed by atoms with Crippen LogP contribution in [0.25, 0.3) is 0 Å². The van der Waals surface area contributed by atoms with Crippen LogP contribution in [0, 0.1) is 35.5 Å². The molecule has 2 amide bonds. The van der Waals surface area contributed by atoms with E-state index in [-0.39, 0.29) is 36.3 Å². The third-order valence-corrected chi connectivity index (χ3v) is 9.03. The molecule has 3 fully saturated rings. The number of hydrogen-bond acceptors (Lipinski definition) is 6. The molecular formula is C29H40N2O6. The number of aliphatic hydroxyl groups excluding tert-OH is 3. The molecule has 0 aromatic heterocycles. The molecule has 4 aliphatic rings. The van der Waals surface area contributed by atoms with Gasteiger partial charge in [0.25, 0.3) is 5.91 Å². The molecule has 9 atom stereocenters. The average Bonchev–Trinajstić information content (AvgIpc) is 3.48. The quantitative estimate of drug-likeness (QED) is 0.343. The molecule has 2 saturated carbocycles. The summed E-state index contributed by atoms with van der Waals surface area (Å²) in [5.74, 6) is 0.400. The van der Waals surface area contributed by atoms with Crippen LogP contribution in [0.1, 0.15) is 52.4 Å². The van der Waals surface area contributed by atoms with Crippen molar-refractivity contribution >= 4 is 17.6 Å². The number of carbonyl (C=O) groups excluding carboxylic acids is 3. The summed E-state index contributed by atoms with van der Waals surface area (Å²) in [7, 11) is 0. The molecular weight excluding hydrogens is 472 g/mol. The molecule has 3 unspecified atom stereocenters. The third kappa shape index (κ3) is 5.75. The maximum atomic E-state index is 12.7. The summed E-state index contributed by atoms with van der Waals surface area (Å²) in [4.78, 5) is 37.2. The van der Waals surface area contributed by atoms with Gasteiger partial charge in [-0.25, -0.2) is 0 Å². The molecule has 2 heterocycles. The fourth-order valence-corrected chi connectivity index (χ4v) is 7.22. The van der Waals surface area contributed by atoms with E-state index < -0.39 is 35.7 Å². The monoisotopic (exact) mass is 512 g/mol. The first-order chi connectivity index (χ1) is 17.7. The Bertz CT molecular complexity index is 1010. The third-order valence-electron chi connectivity index (χ3n) is 9.03. The Labute approximate surface area is 218 Å². The number of amides is 2. The van der Waals surface area contributed by atoms with Crippen molar-refractivity contribution in [1.29, 1.82) is 0 Å². The maximum absolute atomic E-state index is 12.7. The summed E-state index contributed by atoms with van der Waals surface area (Å²) in [6, 6.07) is -1.17. The number of fused-ring (bicyclic) bond motifs is 5. The fourth-order valence-electron chi connectivity index (χ4n) is 7.22. The van der Waals surface area contributed by atoms with E-state index in [0.717, 1.165) is 12.8 Å². The Morgan fingerprint density at radius 3 is 2.54 bits per heavy atom. The van der Waals surface area contributed by atoms with Crippen LogP contribution in [-0.2, 0) is 14.4 Å². The van der Waals surface area contributed by atoms with Crippen LogP contribution < -0.4 is 10.6 Å². The number of ketones is 1. The predicted molar refractivity (Wildman–Crippen MR) is 139 cm³/mol. The van der Waals surface area contributed by atoms with Crippen molar-refractivity contribution in [3.8, 4) is 0 Å². The summed E-state index contributed by atoms with van der Waals surface area (Å²) in [6.45, 7) is 4.68. The summed E-state index contributed by atoms with van der Waals surface area (Å²) < 4.78 is 0. The second kappa shape index (κ2) is 11.8. The molecule has 1 saturated heterocycles. The first-order valence-electron chi connectivity index (χ1n) is 13.7. The van der Waals surface area contributed by atoms with Gasteiger partial charge in [-0.05, 0) is 73.7 Å².